The predicted molar refractivity (Wildman–Crippen MR) is 215 cm³/mol. The van der Waals surface area contributed by atoms with Gasteiger partial charge in [0.2, 0.25) is 0 Å². The number of hydrogen-bond acceptors (Lipinski definition) is 6. The molecule has 0 aliphatic heterocycles. The Morgan fingerprint density at radius 2 is 1.00 bits per heavy atom. The van der Waals surface area contributed by atoms with E-state index in [0.29, 0.717) is 12.8 Å². The molecule has 0 aromatic rings. The summed E-state index contributed by atoms with van der Waals surface area (Å²) in [6, 6.07) is 0. The van der Waals surface area contributed by atoms with Crippen LogP contribution >= 0.6 is 7.82 Å². The van der Waals surface area contributed by atoms with Crippen LogP contribution in [-0.4, -0.2) is 41.0 Å². The standard InChI is InChI=1S/C43H65O8P/c1-3-5-7-9-11-13-15-17-19-20-21-22-24-26-28-30-32-34-36-38-43(45)51-41(40-50-52(46,47)48)39-49-42(44)37-35-33-31-29-27-25-23-18-16-14-12-10-8-6-4-2/h5-8,10-14,16-19,21-23,26,28,32,34,41H,3-4,9,15,20,24-25,27,29-31,33,35-40H2,1-2H3,(H2,46,47,48)/b7-5+,8-6+,12-10+,13-11+,16-14+,19-17+,22-21+,23-18+,28-26+,34-32+/t41-/m1/s1. The zero-order valence-electron chi connectivity index (χ0n) is 31.6. The topological polar surface area (TPSA) is 119 Å². The molecule has 0 radical (unpaired) electrons. The molecule has 52 heavy (non-hydrogen) atoms. The van der Waals surface area contributed by atoms with Crippen molar-refractivity contribution in [1.82, 2.24) is 0 Å². The number of hydrogen-bond donors (Lipinski definition) is 2. The molecule has 0 aliphatic rings. The minimum Gasteiger partial charge on any atom is -0.462 e. The van der Waals surface area contributed by atoms with Gasteiger partial charge in [-0.15, -0.1) is 0 Å². The Labute approximate surface area is 314 Å². The number of esters is 2. The van der Waals surface area contributed by atoms with Crippen molar-refractivity contribution in [3.05, 3.63) is 122 Å². The van der Waals surface area contributed by atoms with Gasteiger partial charge in [-0.1, -0.05) is 155 Å². The Morgan fingerprint density at radius 1 is 0.519 bits per heavy atom. The molecule has 0 rings (SSSR count). The van der Waals surface area contributed by atoms with E-state index in [9.17, 15) is 14.2 Å². The average Bonchev–Trinajstić information content (AvgIpc) is 3.11. The zero-order chi connectivity index (χ0) is 38.2. The van der Waals surface area contributed by atoms with Gasteiger partial charge in [-0.3, -0.25) is 14.1 Å². The molecule has 0 amide bonds. The van der Waals surface area contributed by atoms with E-state index in [0.717, 1.165) is 77.0 Å². The first-order valence-electron chi connectivity index (χ1n) is 18.9. The number of unbranched alkanes of at least 4 members (excludes halogenated alkanes) is 5. The summed E-state index contributed by atoms with van der Waals surface area (Å²) in [4.78, 5) is 42.7. The average molecular weight is 741 g/mol. The van der Waals surface area contributed by atoms with Gasteiger partial charge >= 0.3 is 19.8 Å². The van der Waals surface area contributed by atoms with E-state index in [-0.39, 0.29) is 19.4 Å². The molecule has 0 aromatic carbocycles. The summed E-state index contributed by atoms with van der Waals surface area (Å²) in [6.45, 7) is 3.32. The van der Waals surface area contributed by atoms with Crippen molar-refractivity contribution in [2.45, 2.75) is 123 Å². The molecule has 0 fully saturated rings. The van der Waals surface area contributed by atoms with Crippen LogP contribution in [0, 0.1) is 0 Å². The number of carbonyl (C=O) groups excluding carboxylic acids is 2. The fraction of sp³-hybridized carbons (Fsp3) is 0.488. The maximum Gasteiger partial charge on any atom is 0.469 e. The highest BCUT2D eigenvalue weighted by Crippen LogP contribution is 2.35. The summed E-state index contributed by atoms with van der Waals surface area (Å²) < 4.78 is 26.2. The zero-order valence-corrected chi connectivity index (χ0v) is 32.5. The third-order valence-electron chi connectivity index (χ3n) is 7.08. The van der Waals surface area contributed by atoms with Crippen LogP contribution in [0.15, 0.2) is 122 Å². The van der Waals surface area contributed by atoms with E-state index in [2.05, 4.69) is 91.3 Å². The first-order valence-corrected chi connectivity index (χ1v) is 20.4. The van der Waals surface area contributed by atoms with Crippen LogP contribution in [-0.2, 0) is 28.2 Å². The van der Waals surface area contributed by atoms with Crippen LogP contribution in [0.5, 0.6) is 0 Å². The van der Waals surface area contributed by atoms with Gasteiger partial charge in [0.1, 0.15) is 6.61 Å². The van der Waals surface area contributed by atoms with E-state index < -0.39 is 32.5 Å². The fourth-order valence-corrected chi connectivity index (χ4v) is 4.71. The SMILES string of the molecule is CC/C=C/C=C/C=C/C=C/CCCCCCCC(=O)OC[C@H](COP(=O)(O)O)OC(=O)CC/C=C/C/C=C/C/C=C/C/C=C/C/C=C/C/C=C/CC. The monoisotopic (exact) mass is 740 g/mol. The lowest BCUT2D eigenvalue weighted by molar-refractivity contribution is -0.161. The molecule has 0 saturated carbocycles. The molecule has 0 saturated heterocycles. The Morgan fingerprint density at radius 3 is 1.56 bits per heavy atom. The molecule has 2 N–H and O–H groups in total. The van der Waals surface area contributed by atoms with E-state index in [1.807, 2.05) is 48.6 Å². The lowest BCUT2D eigenvalue weighted by Crippen LogP contribution is -2.29. The van der Waals surface area contributed by atoms with Crippen LogP contribution in [0.2, 0.25) is 0 Å². The smallest absolute Gasteiger partial charge is 0.462 e. The summed E-state index contributed by atoms with van der Waals surface area (Å²) in [5, 5.41) is 0. The summed E-state index contributed by atoms with van der Waals surface area (Å²) >= 11 is 0. The van der Waals surface area contributed by atoms with Gasteiger partial charge < -0.3 is 19.3 Å². The van der Waals surface area contributed by atoms with Crippen molar-refractivity contribution in [3.8, 4) is 0 Å². The number of phosphoric ester groups is 1. The lowest BCUT2D eigenvalue weighted by Gasteiger charge is -2.18. The van der Waals surface area contributed by atoms with Crippen LogP contribution in [0.3, 0.4) is 0 Å². The maximum atomic E-state index is 12.3. The molecule has 1 atom stereocenters. The third kappa shape index (κ3) is 39.2. The molecule has 8 nitrogen and oxygen atoms in total. The number of phosphoric acid groups is 1. The Bertz CT molecular complexity index is 1240. The van der Waals surface area contributed by atoms with E-state index >= 15 is 0 Å². The second-order valence-corrected chi connectivity index (χ2v) is 13.1. The van der Waals surface area contributed by atoms with Crippen LogP contribution < -0.4 is 0 Å². The molecule has 0 heterocycles. The molecule has 0 bridgehead atoms. The number of carbonyl (C=O) groups is 2. The van der Waals surface area contributed by atoms with Crippen molar-refractivity contribution in [2.75, 3.05) is 13.2 Å². The van der Waals surface area contributed by atoms with Gasteiger partial charge in [0, 0.05) is 12.8 Å². The van der Waals surface area contributed by atoms with Gasteiger partial charge in [0.15, 0.2) is 6.10 Å². The number of ether oxygens (including phenoxy) is 2. The first kappa shape index (κ1) is 48.5. The van der Waals surface area contributed by atoms with E-state index in [4.69, 9.17) is 19.3 Å². The lowest BCUT2D eigenvalue weighted by atomic mass is 10.1. The first-order chi connectivity index (χ1) is 25.3. The Kier molecular flexibility index (Phi) is 34.7. The minimum absolute atomic E-state index is 0.0727. The van der Waals surface area contributed by atoms with Gasteiger partial charge in [-0.05, 0) is 70.6 Å². The number of rotatable bonds is 32. The molecule has 0 aliphatic carbocycles. The number of allylic oxidation sites excluding steroid dienone is 20. The molecule has 0 aromatic heterocycles. The summed E-state index contributed by atoms with van der Waals surface area (Å²) in [7, 11) is -4.79. The van der Waals surface area contributed by atoms with E-state index in [1.54, 1.807) is 0 Å². The van der Waals surface area contributed by atoms with Gasteiger partial charge in [-0.25, -0.2) is 4.57 Å². The van der Waals surface area contributed by atoms with Crippen molar-refractivity contribution in [2.24, 2.45) is 0 Å². The molecule has 0 unspecified atom stereocenters. The Hall–Kier alpha value is -3.55. The summed E-state index contributed by atoms with van der Waals surface area (Å²) in [5.41, 5.74) is 0. The highest BCUT2D eigenvalue weighted by molar-refractivity contribution is 7.46. The normalized spacial score (nSPS) is 13.8. The van der Waals surface area contributed by atoms with Gasteiger partial charge in [-0.2, -0.15) is 0 Å². The molecular formula is C43H65O8P. The highest BCUT2D eigenvalue weighted by Gasteiger charge is 2.22. The molecule has 0 spiro atoms. The van der Waals surface area contributed by atoms with E-state index in [1.165, 1.54) is 0 Å². The van der Waals surface area contributed by atoms with Crippen molar-refractivity contribution in [1.29, 1.82) is 0 Å². The van der Waals surface area contributed by atoms with Crippen molar-refractivity contribution in [3.63, 3.8) is 0 Å². The quantitative estimate of drug-likeness (QED) is 0.0230. The maximum absolute atomic E-state index is 12.3. The third-order valence-corrected chi connectivity index (χ3v) is 7.57. The van der Waals surface area contributed by atoms with Gasteiger partial charge in [0.25, 0.3) is 0 Å². The molecular weight excluding hydrogens is 675 g/mol. The van der Waals surface area contributed by atoms with Crippen molar-refractivity contribution >= 4 is 19.8 Å². The van der Waals surface area contributed by atoms with Crippen LogP contribution in [0.25, 0.3) is 0 Å². The van der Waals surface area contributed by atoms with Crippen LogP contribution in [0.1, 0.15) is 117 Å². The van der Waals surface area contributed by atoms with Crippen molar-refractivity contribution < 1.29 is 37.9 Å². The minimum atomic E-state index is -4.79. The second-order valence-electron chi connectivity index (χ2n) is 11.9. The summed E-state index contributed by atoms with van der Waals surface area (Å²) in [6.07, 6.45) is 53.6. The predicted octanol–water partition coefficient (Wildman–Crippen LogP) is 11.4. The summed E-state index contributed by atoms with van der Waals surface area (Å²) in [5.74, 6) is -1.03. The fourth-order valence-electron chi connectivity index (χ4n) is 4.35. The molecule has 9 heteroatoms. The Balaban J connectivity index is 4.19. The second kappa shape index (κ2) is 37.2. The van der Waals surface area contributed by atoms with Gasteiger partial charge in [0.05, 0.1) is 6.61 Å². The molecule has 290 valence electrons. The van der Waals surface area contributed by atoms with Crippen LogP contribution in [0.4, 0.5) is 0 Å². The highest BCUT2D eigenvalue weighted by atomic mass is 31.2. The largest absolute Gasteiger partial charge is 0.469 e.